The minimum atomic E-state index is -0.843. The minimum Gasteiger partial charge on any atom is -0.497 e. The number of rotatable bonds is 7. The fourth-order valence-corrected chi connectivity index (χ4v) is 4.68. The molecular weight excluding hydrogens is 476 g/mol. The highest BCUT2D eigenvalue weighted by molar-refractivity contribution is 7.08. The molecule has 1 aliphatic heterocycles. The molecule has 8 nitrogen and oxygen atoms in total. The van der Waals surface area contributed by atoms with Crippen LogP contribution in [-0.2, 0) is 11.2 Å². The van der Waals surface area contributed by atoms with E-state index in [1.165, 1.54) is 0 Å². The summed E-state index contributed by atoms with van der Waals surface area (Å²) in [4.78, 5) is 28.7. The highest BCUT2D eigenvalue weighted by atomic mass is 32.1. The summed E-state index contributed by atoms with van der Waals surface area (Å²) in [7, 11) is 1.60. The molecule has 1 aromatic heterocycles. The lowest BCUT2D eigenvalue weighted by molar-refractivity contribution is -0.127. The van der Waals surface area contributed by atoms with Crippen LogP contribution in [0.3, 0.4) is 0 Å². The van der Waals surface area contributed by atoms with Gasteiger partial charge in [-0.1, -0.05) is 47.0 Å². The van der Waals surface area contributed by atoms with Gasteiger partial charge in [-0.2, -0.15) is 0 Å². The molecule has 4 aromatic rings. The van der Waals surface area contributed by atoms with Gasteiger partial charge in [0.25, 0.3) is 11.8 Å². The fraction of sp³-hybridized carbons (Fsp3) is 0.185. The molecule has 0 saturated carbocycles. The Balaban J connectivity index is 1.35. The number of amides is 2. The molecule has 182 valence electrons. The Labute approximate surface area is 212 Å². The number of carbonyl (C=O) groups is 2. The SMILES string of the molecule is COc1ccc(-c2nnsc2C(=O)N2C[C@H](C(=O)NCCc3ccccc3)Oc3ccccc32)cc1. The Morgan fingerprint density at radius 2 is 1.81 bits per heavy atom. The van der Waals surface area contributed by atoms with Crippen LogP contribution >= 0.6 is 11.5 Å². The van der Waals surface area contributed by atoms with Gasteiger partial charge in [0.05, 0.1) is 19.3 Å². The van der Waals surface area contributed by atoms with Crippen molar-refractivity contribution in [2.24, 2.45) is 0 Å². The van der Waals surface area contributed by atoms with E-state index in [0.717, 1.165) is 22.7 Å². The molecule has 2 heterocycles. The Kier molecular flexibility index (Phi) is 6.90. The lowest BCUT2D eigenvalue weighted by Crippen LogP contribution is -2.51. The summed E-state index contributed by atoms with van der Waals surface area (Å²) < 4.78 is 15.3. The first kappa shape index (κ1) is 23.5. The Hall–Kier alpha value is -4.24. The van der Waals surface area contributed by atoms with E-state index in [2.05, 4.69) is 14.9 Å². The van der Waals surface area contributed by atoms with Gasteiger partial charge in [-0.15, -0.1) is 5.10 Å². The van der Waals surface area contributed by atoms with E-state index in [1.807, 2.05) is 66.7 Å². The van der Waals surface area contributed by atoms with Crippen molar-refractivity contribution in [3.8, 4) is 22.8 Å². The molecule has 0 aliphatic carbocycles. The summed E-state index contributed by atoms with van der Waals surface area (Å²) in [5.41, 5.74) is 2.98. The van der Waals surface area contributed by atoms with Gasteiger partial charge in [0, 0.05) is 12.1 Å². The third-order valence-corrected chi connectivity index (χ3v) is 6.63. The highest BCUT2D eigenvalue weighted by Crippen LogP contribution is 2.36. The van der Waals surface area contributed by atoms with Gasteiger partial charge < -0.3 is 14.8 Å². The van der Waals surface area contributed by atoms with E-state index in [0.29, 0.717) is 40.7 Å². The highest BCUT2D eigenvalue weighted by Gasteiger charge is 2.35. The monoisotopic (exact) mass is 500 g/mol. The van der Waals surface area contributed by atoms with Crippen LogP contribution in [0.2, 0.25) is 0 Å². The van der Waals surface area contributed by atoms with Crippen LogP contribution in [0.25, 0.3) is 11.3 Å². The first-order valence-corrected chi connectivity index (χ1v) is 12.3. The van der Waals surface area contributed by atoms with Gasteiger partial charge in [-0.3, -0.25) is 14.5 Å². The third-order valence-electron chi connectivity index (χ3n) is 5.91. The molecule has 36 heavy (non-hydrogen) atoms. The molecule has 5 rings (SSSR count). The Morgan fingerprint density at radius 1 is 1.06 bits per heavy atom. The smallest absolute Gasteiger partial charge is 0.272 e. The first-order valence-electron chi connectivity index (χ1n) is 11.5. The Bertz CT molecular complexity index is 1360. The van der Waals surface area contributed by atoms with Crippen molar-refractivity contribution in [2.45, 2.75) is 12.5 Å². The summed E-state index contributed by atoms with van der Waals surface area (Å²) in [6.07, 6.45) is -0.138. The molecule has 0 fully saturated rings. The van der Waals surface area contributed by atoms with E-state index in [1.54, 1.807) is 24.1 Å². The van der Waals surface area contributed by atoms with E-state index in [-0.39, 0.29) is 18.4 Å². The number of carbonyl (C=O) groups excluding carboxylic acids is 2. The van der Waals surface area contributed by atoms with Crippen molar-refractivity contribution in [1.29, 1.82) is 0 Å². The predicted molar refractivity (Wildman–Crippen MR) is 138 cm³/mol. The second-order valence-corrected chi connectivity index (χ2v) is 8.95. The van der Waals surface area contributed by atoms with Crippen molar-refractivity contribution in [1.82, 2.24) is 14.9 Å². The largest absolute Gasteiger partial charge is 0.497 e. The van der Waals surface area contributed by atoms with Crippen molar-refractivity contribution >= 4 is 29.0 Å². The first-order chi connectivity index (χ1) is 17.6. The number of para-hydroxylation sites is 2. The number of anilines is 1. The second-order valence-electron chi connectivity index (χ2n) is 8.20. The average Bonchev–Trinajstić information content (AvgIpc) is 3.42. The average molecular weight is 501 g/mol. The summed E-state index contributed by atoms with van der Waals surface area (Å²) >= 11 is 1.03. The van der Waals surface area contributed by atoms with Crippen LogP contribution in [0.5, 0.6) is 11.5 Å². The van der Waals surface area contributed by atoms with Gasteiger partial charge in [0.2, 0.25) is 0 Å². The minimum absolute atomic E-state index is 0.0764. The Morgan fingerprint density at radius 3 is 2.58 bits per heavy atom. The van der Waals surface area contributed by atoms with Crippen molar-refractivity contribution < 1.29 is 19.1 Å². The van der Waals surface area contributed by atoms with Gasteiger partial charge in [0.15, 0.2) is 6.10 Å². The summed E-state index contributed by atoms with van der Waals surface area (Å²) in [5, 5.41) is 7.15. The molecule has 1 atom stereocenters. The zero-order chi connectivity index (χ0) is 24.9. The van der Waals surface area contributed by atoms with Crippen LogP contribution in [0.4, 0.5) is 5.69 Å². The topological polar surface area (TPSA) is 93.7 Å². The fourth-order valence-electron chi connectivity index (χ4n) is 4.04. The number of fused-ring (bicyclic) bond motifs is 1. The molecular formula is C27H24N4O4S. The molecule has 0 spiro atoms. The van der Waals surface area contributed by atoms with Crippen molar-refractivity contribution in [3.05, 3.63) is 89.3 Å². The number of methoxy groups -OCH3 is 1. The van der Waals surface area contributed by atoms with Gasteiger partial charge in [-0.25, -0.2) is 0 Å². The lowest BCUT2D eigenvalue weighted by atomic mass is 10.1. The van der Waals surface area contributed by atoms with Crippen molar-refractivity contribution in [2.75, 3.05) is 25.1 Å². The molecule has 1 aliphatic rings. The lowest BCUT2D eigenvalue weighted by Gasteiger charge is -2.34. The summed E-state index contributed by atoms with van der Waals surface area (Å²) in [6.45, 7) is 0.547. The number of ether oxygens (including phenoxy) is 2. The maximum atomic E-state index is 13.8. The number of nitrogens with one attached hydrogen (secondary N) is 1. The summed E-state index contributed by atoms with van der Waals surface area (Å²) in [6, 6.07) is 24.4. The number of aromatic nitrogens is 2. The van der Waals surface area contributed by atoms with Crippen LogP contribution in [0.15, 0.2) is 78.9 Å². The zero-order valence-corrected chi connectivity index (χ0v) is 20.4. The molecule has 0 bridgehead atoms. The second kappa shape index (κ2) is 10.6. The summed E-state index contributed by atoms with van der Waals surface area (Å²) in [5.74, 6) is 0.631. The molecule has 3 aromatic carbocycles. The maximum absolute atomic E-state index is 13.8. The van der Waals surface area contributed by atoms with Crippen LogP contribution < -0.4 is 19.7 Å². The molecule has 0 saturated heterocycles. The molecule has 9 heteroatoms. The third kappa shape index (κ3) is 4.92. The maximum Gasteiger partial charge on any atom is 0.272 e. The number of nitrogens with zero attached hydrogens (tertiary/aromatic N) is 3. The van der Waals surface area contributed by atoms with E-state index in [4.69, 9.17) is 9.47 Å². The van der Waals surface area contributed by atoms with Crippen LogP contribution in [0, 0.1) is 0 Å². The normalized spacial score (nSPS) is 14.5. The quantitative estimate of drug-likeness (QED) is 0.413. The standard InChI is InChI=1S/C27H24N4O4S/c1-34-20-13-11-19(12-14-20)24-25(36-30-29-24)27(33)31-17-23(35-22-10-6-5-9-21(22)31)26(32)28-16-15-18-7-3-2-4-8-18/h2-14,23H,15-17H2,1H3,(H,28,32)/t23-/m1/s1. The van der Waals surface area contributed by atoms with E-state index < -0.39 is 6.10 Å². The molecule has 0 radical (unpaired) electrons. The van der Waals surface area contributed by atoms with Crippen LogP contribution in [-0.4, -0.2) is 47.7 Å². The number of hydrogen-bond acceptors (Lipinski definition) is 7. The van der Waals surface area contributed by atoms with Gasteiger partial charge in [0.1, 0.15) is 22.1 Å². The molecule has 2 amide bonds. The van der Waals surface area contributed by atoms with Gasteiger partial charge >= 0.3 is 0 Å². The molecule has 1 N–H and O–H groups in total. The van der Waals surface area contributed by atoms with Crippen molar-refractivity contribution in [3.63, 3.8) is 0 Å². The predicted octanol–water partition coefficient (Wildman–Crippen LogP) is 3.98. The van der Waals surface area contributed by atoms with E-state index in [9.17, 15) is 9.59 Å². The number of benzene rings is 3. The molecule has 0 unspecified atom stereocenters. The number of hydrogen-bond donors (Lipinski definition) is 1. The zero-order valence-electron chi connectivity index (χ0n) is 19.6. The van der Waals surface area contributed by atoms with Gasteiger partial charge in [-0.05, 0) is 59.9 Å². The van der Waals surface area contributed by atoms with E-state index >= 15 is 0 Å². The van der Waals surface area contributed by atoms with Crippen LogP contribution in [0.1, 0.15) is 15.2 Å².